The lowest BCUT2D eigenvalue weighted by Crippen LogP contribution is -2.43. The molecule has 1 rings (SSSR count). The van der Waals surface area contributed by atoms with Crippen LogP contribution in [0.4, 0.5) is 17.6 Å². The van der Waals surface area contributed by atoms with Crippen molar-refractivity contribution >= 4 is 5.97 Å². The molecule has 5 nitrogen and oxygen atoms in total. The molecule has 25 heavy (non-hydrogen) atoms. The van der Waals surface area contributed by atoms with E-state index < -0.39 is 31.3 Å². The van der Waals surface area contributed by atoms with E-state index in [0.29, 0.717) is 39.3 Å². The molecule has 1 unspecified atom stereocenters. The predicted molar refractivity (Wildman–Crippen MR) is 83.1 cm³/mol. The molecule has 0 bridgehead atoms. The van der Waals surface area contributed by atoms with Gasteiger partial charge < -0.3 is 14.2 Å². The Hall–Kier alpha value is -0.930. The van der Waals surface area contributed by atoms with Crippen molar-refractivity contribution in [3.05, 3.63) is 0 Å². The highest BCUT2D eigenvalue weighted by Gasteiger charge is 2.32. The summed E-state index contributed by atoms with van der Waals surface area (Å²) in [6.45, 7) is 4.39. The van der Waals surface area contributed by atoms with Gasteiger partial charge in [0.15, 0.2) is 0 Å². The second-order valence-electron chi connectivity index (χ2n) is 6.05. The van der Waals surface area contributed by atoms with Gasteiger partial charge >= 0.3 is 5.97 Å². The molecular formula is C16H27F4NO4. The third-order valence-electron chi connectivity index (χ3n) is 3.69. The molecule has 0 saturated carbocycles. The number of alkyl halides is 4. The quantitative estimate of drug-likeness (QED) is 0.299. The fourth-order valence-electron chi connectivity index (χ4n) is 2.41. The van der Waals surface area contributed by atoms with Crippen molar-refractivity contribution in [2.45, 2.75) is 51.1 Å². The van der Waals surface area contributed by atoms with E-state index in [1.54, 1.807) is 0 Å². The van der Waals surface area contributed by atoms with Gasteiger partial charge in [-0.2, -0.15) is 0 Å². The number of halogens is 4. The van der Waals surface area contributed by atoms with E-state index in [2.05, 4.69) is 0 Å². The fourth-order valence-corrected chi connectivity index (χ4v) is 2.41. The molecule has 0 aromatic carbocycles. The van der Waals surface area contributed by atoms with E-state index in [9.17, 15) is 22.4 Å². The second kappa shape index (κ2) is 11.6. The van der Waals surface area contributed by atoms with Crippen molar-refractivity contribution < 1.29 is 36.6 Å². The van der Waals surface area contributed by atoms with Crippen LogP contribution in [0.25, 0.3) is 0 Å². The van der Waals surface area contributed by atoms with Gasteiger partial charge in [-0.25, -0.2) is 17.6 Å². The number of carbonyl (C=O) groups is 1. The zero-order valence-electron chi connectivity index (χ0n) is 14.5. The molecule has 0 aliphatic carbocycles. The molecule has 9 heteroatoms. The molecule has 1 saturated heterocycles. The average molecular weight is 373 g/mol. The monoisotopic (exact) mass is 373 g/mol. The first-order valence-electron chi connectivity index (χ1n) is 8.55. The number of ether oxygens (including phenoxy) is 3. The van der Waals surface area contributed by atoms with Gasteiger partial charge in [-0.15, -0.1) is 0 Å². The minimum Gasteiger partial charge on any atom is -0.459 e. The summed E-state index contributed by atoms with van der Waals surface area (Å²) in [5.74, 6) is -3.83. The maximum atomic E-state index is 13.2. The minimum absolute atomic E-state index is 0.0441. The first kappa shape index (κ1) is 22.1. The van der Waals surface area contributed by atoms with Crippen molar-refractivity contribution in [1.82, 2.24) is 4.90 Å². The number of carbonyl (C=O) groups excluding carboxylic acids is 1. The summed E-state index contributed by atoms with van der Waals surface area (Å²) >= 11 is 0. The van der Waals surface area contributed by atoms with E-state index in [-0.39, 0.29) is 25.6 Å². The predicted octanol–water partition coefficient (Wildman–Crippen LogP) is 2.73. The smallest absolute Gasteiger partial charge is 0.306 e. The summed E-state index contributed by atoms with van der Waals surface area (Å²) in [4.78, 5) is 13.7. The van der Waals surface area contributed by atoms with Gasteiger partial charge in [-0.3, -0.25) is 9.69 Å². The summed E-state index contributed by atoms with van der Waals surface area (Å²) < 4.78 is 66.3. The number of rotatable bonds is 12. The lowest BCUT2D eigenvalue weighted by molar-refractivity contribution is -0.155. The number of morpholine rings is 1. The van der Waals surface area contributed by atoms with Crippen LogP contribution in [0.1, 0.15) is 32.6 Å². The van der Waals surface area contributed by atoms with Crippen LogP contribution >= 0.6 is 0 Å². The molecule has 1 aliphatic heterocycles. The van der Waals surface area contributed by atoms with Crippen molar-refractivity contribution in [3.63, 3.8) is 0 Å². The summed E-state index contributed by atoms with van der Waals surface area (Å²) in [5.41, 5.74) is 0. The Kier molecular flexibility index (Phi) is 10.3. The van der Waals surface area contributed by atoms with Gasteiger partial charge in [0.05, 0.1) is 32.8 Å². The van der Waals surface area contributed by atoms with Crippen LogP contribution < -0.4 is 0 Å². The van der Waals surface area contributed by atoms with Gasteiger partial charge in [0, 0.05) is 32.5 Å². The highest BCUT2D eigenvalue weighted by atomic mass is 19.3. The molecule has 0 aromatic rings. The first-order valence-corrected chi connectivity index (χ1v) is 8.55. The Morgan fingerprint density at radius 3 is 2.56 bits per heavy atom. The standard InChI is InChI=1S/C16H27F4NO4/c1-2-3-15(22)25-13(11-21-5-8-23-9-6-21)12-24-7-4-16(19,20)10-14(17)18/h13-14H,2-12H2,1H3. The Balaban J connectivity index is 2.39. The fraction of sp³-hybridized carbons (Fsp3) is 0.938. The Morgan fingerprint density at radius 2 is 1.96 bits per heavy atom. The molecule has 1 aliphatic rings. The Bertz CT molecular complexity index is 379. The van der Waals surface area contributed by atoms with Gasteiger partial charge in [0.1, 0.15) is 6.10 Å². The lowest BCUT2D eigenvalue weighted by atomic mass is 10.2. The summed E-state index contributed by atoms with van der Waals surface area (Å²) in [7, 11) is 0. The number of nitrogens with zero attached hydrogens (tertiary/aromatic N) is 1. The van der Waals surface area contributed by atoms with Crippen molar-refractivity contribution in [2.24, 2.45) is 0 Å². The summed E-state index contributed by atoms with van der Waals surface area (Å²) in [5, 5.41) is 0. The second-order valence-corrected chi connectivity index (χ2v) is 6.05. The highest BCUT2D eigenvalue weighted by Crippen LogP contribution is 2.26. The van der Waals surface area contributed by atoms with Crippen molar-refractivity contribution in [3.8, 4) is 0 Å². The normalized spacial score (nSPS) is 17.7. The van der Waals surface area contributed by atoms with Gasteiger partial charge in [-0.05, 0) is 6.42 Å². The van der Waals surface area contributed by atoms with E-state index in [1.807, 2.05) is 11.8 Å². The summed E-state index contributed by atoms with van der Waals surface area (Å²) in [6.07, 6.45) is -4.99. The topological polar surface area (TPSA) is 48.0 Å². The van der Waals surface area contributed by atoms with E-state index in [1.165, 1.54) is 0 Å². The van der Waals surface area contributed by atoms with Crippen LogP contribution in [0.3, 0.4) is 0 Å². The van der Waals surface area contributed by atoms with E-state index in [0.717, 1.165) is 0 Å². The van der Waals surface area contributed by atoms with Gasteiger partial charge in [0.25, 0.3) is 5.92 Å². The SMILES string of the molecule is CCCC(=O)OC(COCCC(F)(F)CC(F)F)CN1CCOCC1. The lowest BCUT2D eigenvalue weighted by Gasteiger charge is -2.30. The third kappa shape index (κ3) is 10.6. The van der Waals surface area contributed by atoms with E-state index >= 15 is 0 Å². The van der Waals surface area contributed by atoms with Gasteiger partial charge in [-0.1, -0.05) is 6.92 Å². The zero-order chi connectivity index (χ0) is 18.7. The Labute approximate surface area is 145 Å². The number of esters is 1. The largest absolute Gasteiger partial charge is 0.459 e. The third-order valence-corrected chi connectivity index (χ3v) is 3.69. The molecule has 148 valence electrons. The number of hydrogen-bond donors (Lipinski definition) is 0. The minimum atomic E-state index is -3.47. The van der Waals surface area contributed by atoms with Crippen LogP contribution in [0.2, 0.25) is 0 Å². The molecule has 1 atom stereocenters. The molecule has 0 spiro atoms. The maximum absolute atomic E-state index is 13.2. The van der Waals surface area contributed by atoms with E-state index in [4.69, 9.17) is 14.2 Å². The van der Waals surface area contributed by atoms with Crippen LogP contribution in [0.5, 0.6) is 0 Å². The van der Waals surface area contributed by atoms with Crippen LogP contribution in [0, 0.1) is 0 Å². The van der Waals surface area contributed by atoms with Crippen molar-refractivity contribution in [1.29, 1.82) is 0 Å². The maximum Gasteiger partial charge on any atom is 0.306 e. The molecule has 0 N–H and O–H groups in total. The van der Waals surface area contributed by atoms with Gasteiger partial charge in [0.2, 0.25) is 6.43 Å². The first-order chi connectivity index (χ1) is 11.8. The van der Waals surface area contributed by atoms with Crippen LogP contribution in [-0.2, 0) is 19.0 Å². The molecule has 1 heterocycles. The van der Waals surface area contributed by atoms with Crippen molar-refractivity contribution in [2.75, 3.05) is 46.1 Å². The average Bonchev–Trinajstić information content (AvgIpc) is 2.51. The molecule has 0 aromatic heterocycles. The zero-order valence-corrected chi connectivity index (χ0v) is 14.5. The molecule has 1 fully saturated rings. The van der Waals surface area contributed by atoms with Crippen LogP contribution in [-0.4, -0.2) is 75.4 Å². The molecular weight excluding hydrogens is 346 g/mol. The molecule has 0 radical (unpaired) electrons. The molecule has 0 amide bonds. The Morgan fingerprint density at radius 1 is 1.28 bits per heavy atom. The summed E-state index contributed by atoms with van der Waals surface area (Å²) in [6, 6.07) is 0. The number of hydrogen-bond acceptors (Lipinski definition) is 5. The highest BCUT2D eigenvalue weighted by molar-refractivity contribution is 5.69. The van der Waals surface area contributed by atoms with Crippen LogP contribution in [0.15, 0.2) is 0 Å².